The molecule has 1 heterocycles. The smallest absolute Gasteiger partial charge is 0.321 e. The molecule has 2 rings (SSSR count). The van der Waals surface area contributed by atoms with E-state index in [0.717, 1.165) is 48.6 Å². The Morgan fingerprint density at radius 1 is 1.33 bits per heavy atom. The van der Waals surface area contributed by atoms with Gasteiger partial charge in [0.2, 0.25) is 5.91 Å². The molecule has 0 aliphatic heterocycles. The van der Waals surface area contributed by atoms with Gasteiger partial charge in [0, 0.05) is 18.2 Å². The molecule has 2 N–H and O–H groups in total. The van der Waals surface area contributed by atoms with Crippen molar-refractivity contribution in [3.05, 3.63) is 38.8 Å². The van der Waals surface area contributed by atoms with Crippen LogP contribution >= 0.6 is 0 Å². The molecule has 24 heavy (non-hydrogen) atoms. The highest BCUT2D eigenvalue weighted by Crippen LogP contribution is 2.23. The van der Waals surface area contributed by atoms with Crippen molar-refractivity contribution in [2.24, 2.45) is 5.92 Å². The number of hydrogen-bond acceptors (Lipinski definition) is 5. The number of aromatic nitrogens is 1. The van der Waals surface area contributed by atoms with E-state index in [0.29, 0.717) is 5.92 Å². The van der Waals surface area contributed by atoms with Crippen LogP contribution in [0.4, 0.5) is 10.5 Å². The van der Waals surface area contributed by atoms with E-state index in [9.17, 15) is 24.5 Å². The first-order chi connectivity index (χ1) is 11.4. The van der Waals surface area contributed by atoms with Crippen LogP contribution in [-0.4, -0.2) is 27.5 Å². The first-order valence-corrected chi connectivity index (χ1v) is 7.82. The summed E-state index contributed by atoms with van der Waals surface area (Å²) in [5, 5.41) is 15.6. The van der Waals surface area contributed by atoms with Crippen LogP contribution in [0.1, 0.15) is 32.6 Å². The van der Waals surface area contributed by atoms with E-state index in [1.165, 1.54) is 0 Å². The molecule has 0 radical (unpaired) electrons. The Bertz CT molecular complexity index is 699. The minimum atomic E-state index is -0.710. The Labute approximate surface area is 138 Å². The van der Waals surface area contributed by atoms with Crippen molar-refractivity contribution in [2.75, 3.05) is 0 Å². The molecule has 3 amide bonds. The second-order valence-electron chi connectivity index (χ2n) is 6.00. The van der Waals surface area contributed by atoms with Gasteiger partial charge in [-0.05, 0) is 18.8 Å². The molecule has 0 bridgehead atoms. The largest absolute Gasteiger partial charge is 0.335 e. The number of nitro groups is 1. The van der Waals surface area contributed by atoms with Gasteiger partial charge >= 0.3 is 6.03 Å². The van der Waals surface area contributed by atoms with E-state index in [1.54, 1.807) is 0 Å². The van der Waals surface area contributed by atoms with Gasteiger partial charge in [-0.1, -0.05) is 19.8 Å². The van der Waals surface area contributed by atoms with Crippen molar-refractivity contribution < 1.29 is 14.5 Å². The topological polar surface area (TPSA) is 123 Å². The van der Waals surface area contributed by atoms with Gasteiger partial charge in [0.25, 0.3) is 11.2 Å². The highest BCUT2D eigenvalue weighted by molar-refractivity contribution is 5.94. The third-order valence-corrected chi connectivity index (χ3v) is 4.17. The van der Waals surface area contributed by atoms with Gasteiger partial charge in [0.15, 0.2) is 0 Å². The van der Waals surface area contributed by atoms with Crippen molar-refractivity contribution in [3.8, 4) is 0 Å². The molecule has 1 aliphatic rings. The number of rotatable bonds is 4. The third kappa shape index (κ3) is 4.64. The maximum Gasteiger partial charge on any atom is 0.321 e. The highest BCUT2D eigenvalue weighted by atomic mass is 16.6. The lowest BCUT2D eigenvalue weighted by atomic mass is 9.86. The number of nitrogens with one attached hydrogen (secondary N) is 2. The Balaban J connectivity index is 1.93. The van der Waals surface area contributed by atoms with Gasteiger partial charge in [-0.15, -0.1) is 0 Å². The first kappa shape index (κ1) is 17.6. The van der Waals surface area contributed by atoms with Crippen molar-refractivity contribution in [1.82, 2.24) is 15.2 Å². The van der Waals surface area contributed by atoms with Crippen LogP contribution in [0.2, 0.25) is 0 Å². The SMILES string of the molecule is C[C@H]1CCCC[C@@H]1NC(=O)NC(=O)Cn1cc([N+](=O)[O-])ccc1=O. The summed E-state index contributed by atoms with van der Waals surface area (Å²) in [6.45, 7) is 1.59. The Hall–Kier alpha value is -2.71. The van der Waals surface area contributed by atoms with E-state index in [1.807, 2.05) is 0 Å². The molecule has 0 saturated heterocycles. The fourth-order valence-electron chi connectivity index (χ4n) is 2.81. The summed E-state index contributed by atoms with van der Waals surface area (Å²) in [6.07, 6.45) is 5.04. The van der Waals surface area contributed by atoms with Crippen LogP contribution in [0, 0.1) is 16.0 Å². The number of urea groups is 1. The van der Waals surface area contributed by atoms with Gasteiger partial charge in [-0.25, -0.2) is 4.79 Å². The monoisotopic (exact) mass is 336 g/mol. The molecule has 0 aromatic carbocycles. The first-order valence-electron chi connectivity index (χ1n) is 7.82. The minimum absolute atomic E-state index is 0.0204. The number of nitrogens with zero attached hydrogens (tertiary/aromatic N) is 2. The minimum Gasteiger partial charge on any atom is -0.335 e. The zero-order valence-electron chi connectivity index (χ0n) is 13.4. The molecule has 0 unspecified atom stereocenters. The molecule has 9 nitrogen and oxygen atoms in total. The second kappa shape index (κ2) is 7.71. The second-order valence-corrected chi connectivity index (χ2v) is 6.00. The van der Waals surface area contributed by atoms with Crippen molar-refractivity contribution >= 4 is 17.6 Å². The average Bonchev–Trinajstić information content (AvgIpc) is 2.51. The summed E-state index contributed by atoms with van der Waals surface area (Å²) in [5.74, 6) is -0.363. The van der Waals surface area contributed by atoms with Crippen molar-refractivity contribution in [1.29, 1.82) is 0 Å². The van der Waals surface area contributed by atoms with Gasteiger partial charge < -0.3 is 5.32 Å². The number of amides is 3. The molecule has 1 aliphatic carbocycles. The maximum atomic E-state index is 11.9. The molecule has 1 saturated carbocycles. The van der Waals surface area contributed by atoms with E-state index < -0.39 is 29.0 Å². The quantitative estimate of drug-likeness (QED) is 0.631. The summed E-state index contributed by atoms with van der Waals surface area (Å²) in [5.41, 5.74) is -0.861. The van der Waals surface area contributed by atoms with Gasteiger partial charge in [0.05, 0.1) is 11.1 Å². The van der Waals surface area contributed by atoms with E-state index in [-0.39, 0.29) is 11.7 Å². The zero-order valence-corrected chi connectivity index (χ0v) is 13.4. The van der Waals surface area contributed by atoms with Crippen LogP contribution in [0.15, 0.2) is 23.1 Å². The summed E-state index contributed by atoms with van der Waals surface area (Å²) in [7, 11) is 0. The van der Waals surface area contributed by atoms with Crippen LogP contribution in [-0.2, 0) is 11.3 Å². The Kier molecular flexibility index (Phi) is 5.67. The maximum absolute atomic E-state index is 11.9. The Morgan fingerprint density at radius 3 is 2.71 bits per heavy atom. The molecule has 2 atom stereocenters. The zero-order chi connectivity index (χ0) is 17.7. The summed E-state index contributed by atoms with van der Waals surface area (Å²) in [4.78, 5) is 45.4. The number of pyridine rings is 1. The summed E-state index contributed by atoms with van der Waals surface area (Å²) in [6, 6.07) is 1.48. The highest BCUT2D eigenvalue weighted by Gasteiger charge is 2.23. The molecule has 1 fully saturated rings. The van der Waals surface area contributed by atoms with Crippen LogP contribution in [0.3, 0.4) is 0 Å². The normalized spacial score (nSPS) is 20.2. The number of imide groups is 1. The van der Waals surface area contributed by atoms with E-state index in [2.05, 4.69) is 17.6 Å². The van der Waals surface area contributed by atoms with Crippen LogP contribution < -0.4 is 16.2 Å². The molecule has 1 aromatic rings. The van der Waals surface area contributed by atoms with E-state index >= 15 is 0 Å². The number of carbonyl (C=O) groups is 2. The summed E-state index contributed by atoms with van der Waals surface area (Å²) >= 11 is 0. The van der Waals surface area contributed by atoms with Crippen LogP contribution in [0.25, 0.3) is 0 Å². The van der Waals surface area contributed by atoms with Gasteiger partial charge in [-0.3, -0.25) is 29.6 Å². The lowest BCUT2D eigenvalue weighted by Crippen LogP contribution is -2.48. The van der Waals surface area contributed by atoms with Crippen molar-refractivity contribution in [3.63, 3.8) is 0 Å². The van der Waals surface area contributed by atoms with Gasteiger partial charge in [0.1, 0.15) is 6.54 Å². The molecule has 9 heteroatoms. The lowest BCUT2D eigenvalue weighted by Gasteiger charge is -2.29. The van der Waals surface area contributed by atoms with Crippen molar-refractivity contribution in [2.45, 2.75) is 45.2 Å². The number of carbonyl (C=O) groups excluding carboxylic acids is 2. The average molecular weight is 336 g/mol. The fourth-order valence-corrected chi connectivity index (χ4v) is 2.81. The van der Waals surface area contributed by atoms with E-state index in [4.69, 9.17) is 0 Å². The fraction of sp³-hybridized carbons (Fsp3) is 0.533. The molecule has 1 aromatic heterocycles. The van der Waals surface area contributed by atoms with Crippen LogP contribution in [0.5, 0.6) is 0 Å². The molecular formula is C15H20N4O5. The molecule has 0 spiro atoms. The molecule has 130 valence electrons. The van der Waals surface area contributed by atoms with Gasteiger partial charge in [-0.2, -0.15) is 0 Å². The summed E-state index contributed by atoms with van der Waals surface area (Å²) < 4.78 is 0.893. The predicted octanol–water partition coefficient (Wildman–Crippen LogP) is 1.16. The molecular weight excluding hydrogens is 316 g/mol. The third-order valence-electron chi connectivity index (χ3n) is 4.17. The number of hydrogen-bond donors (Lipinski definition) is 2. The predicted molar refractivity (Wildman–Crippen MR) is 85.5 cm³/mol. The Morgan fingerprint density at radius 2 is 2.04 bits per heavy atom. The lowest BCUT2D eigenvalue weighted by molar-refractivity contribution is -0.385. The standard InChI is InChI=1S/C15H20N4O5/c1-10-4-2-3-5-12(10)16-15(22)17-13(20)9-18-8-11(19(23)24)6-7-14(18)21/h6-8,10,12H,2-5,9H2,1H3,(H2,16,17,20,22)/t10-,12-/m0/s1.